The molecule has 0 heterocycles. The van der Waals surface area contributed by atoms with E-state index >= 15 is 0 Å². The van der Waals surface area contributed by atoms with Gasteiger partial charge >= 0.3 is 0 Å². The quantitative estimate of drug-likeness (QED) is 0.255. The Morgan fingerprint density at radius 3 is 2.44 bits per heavy atom. The van der Waals surface area contributed by atoms with E-state index in [1.165, 1.54) is 6.08 Å². The van der Waals surface area contributed by atoms with Crippen LogP contribution in [0.25, 0.3) is 6.08 Å². The van der Waals surface area contributed by atoms with Crippen LogP contribution in [0.4, 0.5) is 5.69 Å². The first kappa shape index (κ1) is 23.9. The van der Waals surface area contributed by atoms with Crippen LogP contribution < -0.4 is 10.1 Å². The highest BCUT2D eigenvalue weighted by atomic mass is 79.9. The third-order valence-electron chi connectivity index (χ3n) is 4.64. The minimum absolute atomic E-state index is 0.0398. The van der Waals surface area contributed by atoms with E-state index < -0.39 is 5.91 Å². The molecule has 7 heteroatoms. The van der Waals surface area contributed by atoms with E-state index in [4.69, 9.17) is 27.9 Å². The summed E-state index contributed by atoms with van der Waals surface area (Å²) in [7, 11) is 0. The molecular weight excluding hydrogens is 511 g/mol. The Labute approximate surface area is 205 Å². The number of carbonyl (C=O) groups is 1. The van der Waals surface area contributed by atoms with E-state index in [1.54, 1.807) is 24.3 Å². The first-order valence-corrected chi connectivity index (χ1v) is 11.3. The third-order valence-corrected chi connectivity index (χ3v) is 5.87. The number of hydrogen-bond acceptors (Lipinski definition) is 3. The largest absolute Gasteiger partial charge is 0.488 e. The van der Waals surface area contributed by atoms with E-state index in [-0.39, 0.29) is 12.2 Å². The van der Waals surface area contributed by atoms with E-state index in [0.29, 0.717) is 27.0 Å². The molecule has 3 rings (SSSR count). The monoisotopic (exact) mass is 528 g/mol. The van der Waals surface area contributed by atoms with Crippen molar-refractivity contribution in [3.05, 3.63) is 97.4 Å². The molecule has 0 atom stereocenters. The standard InChI is InChI=1S/C25H19BrCl2N2O2/c1-2-16-3-7-21(8-4-16)30-25(31)19(14-29)12-18-13-20(26)6-10-24(18)32-15-17-5-9-22(27)23(28)11-17/h3-13H,2,15H2,1H3,(H,30,31)/b19-12+. The molecular formula is C25H19BrCl2N2O2. The minimum atomic E-state index is -0.493. The van der Waals surface area contributed by atoms with Gasteiger partial charge in [0.1, 0.15) is 24.0 Å². The molecule has 3 aromatic rings. The highest BCUT2D eigenvalue weighted by Crippen LogP contribution is 2.28. The number of rotatable bonds is 7. The van der Waals surface area contributed by atoms with Crippen molar-refractivity contribution in [1.82, 2.24) is 0 Å². The summed E-state index contributed by atoms with van der Waals surface area (Å²) in [5.41, 5.74) is 3.18. The summed E-state index contributed by atoms with van der Waals surface area (Å²) in [6.07, 6.45) is 2.41. The Hall–Kier alpha value is -2.78. The van der Waals surface area contributed by atoms with Gasteiger partial charge in [-0.3, -0.25) is 4.79 Å². The lowest BCUT2D eigenvalue weighted by Gasteiger charge is -2.11. The maximum Gasteiger partial charge on any atom is 0.266 e. The average molecular weight is 530 g/mol. The number of ether oxygens (including phenoxy) is 1. The number of nitriles is 1. The fourth-order valence-electron chi connectivity index (χ4n) is 2.88. The molecule has 0 bridgehead atoms. The normalized spacial score (nSPS) is 11.0. The number of amides is 1. The first-order valence-electron chi connectivity index (χ1n) is 9.78. The van der Waals surface area contributed by atoms with E-state index in [0.717, 1.165) is 22.0 Å². The zero-order chi connectivity index (χ0) is 23.1. The topological polar surface area (TPSA) is 62.1 Å². The van der Waals surface area contributed by atoms with Gasteiger partial charge in [0, 0.05) is 15.7 Å². The molecule has 0 aliphatic rings. The van der Waals surface area contributed by atoms with E-state index in [1.807, 2.05) is 42.5 Å². The molecule has 0 saturated heterocycles. The van der Waals surface area contributed by atoms with Gasteiger partial charge in [-0.05, 0) is 66.1 Å². The summed E-state index contributed by atoms with van der Waals surface area (Å²) in [6, 6.07) is 20.1. The van der Waals surface area contributed by atoms with Crippen molar-refractivity contribution in [2.24, 2.45) is 0 Å². The van der Waals surface area contributed by atoms with Crippen LogP contribution in [0.5, 0.6) is 5.75 Å². The van der Waals surface area contributed by atoms with Crippen molar-refractivity contribution in [2.45, 2.75) is 20.0 Å². The second-order valence-corrected chi connectivity index (χ2v) is 8.62. The summed E-state index contributed by atoms with van der Waals surface area (Å²) in [5.74, 6) is 0.0271. The fraction of sp³-hybridized carbons (Fsp3) is 0.120. The lowest BCUT2D eigenvalue weighted by atomic mass is 10.1. The molecule has 3 aromatic carbocycles. The average Bonchev–Trinajstić information content (AvgIpc) is 2.79. The Morgan fingerprint density at radius 1 is 1.06 bits per heavy atom. The number of benzene rings is 3. The van der Waals surface area contributed by atoms with Crippen LogP contribution in [-0.2, 0) is 17.8 Å². The molecule has 4 nitrogen and oxygen atoms in total. The summed E-state index contributed by atoms with van der Waals surface area (Å²) < 4.78 is 6.72. The number of halogens is 3. The molecule has 0 radical (unpaired) electrons. The molecule has 1 amide bonds. The molecule has 0 aliphatic heterocycles. The van der Waals surface area contributed by atoms with Gasteiger partial charge in [-0.15, -0.1) is 0 Å². The molecule has 0 unspecified atom stereocenters. The summed E-state index contributed by atoms with van der Waals surface area (Å²) in [6.45, 7) is 2.31. The SMILES string of the molecule is CCc1ccc(NC(=O)/C(C#N)=C/c2cc(Br)ccc2OCc2ccc(Cl)c(Cl)c2)cc1. The van der Waals surface area contributed by atoms with Crippen LogP contribution in [-0.4, -0.2) is 5.91 Å². The van der Waals surface area contributed by atoms with Crippen molar-refractivity contribution in [2.75, 3.05) is 5.32 Å². The molecule has 32 heavy (non-hydrogen) atoms. The maximum atomic E-state index is 12.7. The summed E-state index contributed by atoms with van der Waals surface area (Å²) in [5, 5.41) is 13.3. The Balaban J connectivity index is 1.81. The van der Waals surface area contributed by atoms with Gasteiger partial charge in [0.25, 0.3) is 5.91 Å². The Kier molecular flexibility index (Phi) is 8.35. The highest BCUT2D eigenvalue weighted by molar-refractivity contribution is 9.10. The van der Waals surface area contributed by atoms with Crippen molar-refractivity contribution >= 4 is 56.8 Å². The van der Waals surface area contributed by atoms with Crippen LogP contribution in [0, 0.1) is 11.3 Å². The Bertz CT molecular complexity index is 1200. The zero-order valence-corrected chi connectivity index (χ0v) is 20.3. The molecule has 0 saturated carbocycles. The van der Waals surface area contributed by atoms with Crippen LogP contribution in [0.2, 0.25) is 10.0 Å². The molecule has 0 aliphatic carbocycles. The third kappa shape index (κ3) is 6.37. The maximum absolute atomic E-state index is 12.7. The van der Waals surface area contributed by atoms with Crippen molar-refractivity contribution in [1.29, 1.82) is 5.26 Å². The van der Waals surface area contributed by atoms with Gasteiger partial charge < -0.3 is 10.1 Å². The second kappa shape index (κ2) is 11.2. The molecule has 0 spiro atoms. The predicted molar refractivity (Wildman–Crippen MR) is 133 cm³/mol. The van der Waals surface area contributed by atoms with Gasteiger partial charge in [0.05, 0.1) is 10.0 Å². The minimum Gasteiger partial charge on any atom is -0.488 e. The predicted octanol–water partition coefficient (Wildman–Crippen LogP) is 7.44. The zero-order valence-electron chi connectivity index (χ0n) is 17.2. The number of anilines is 1. The fourth-order valence-corrected chi connectivity index (χ4v) is 3.58. The van der Waals surface area contributed by atoms with Gasteiger partial charge in [-0.2, -0.15) is 5.26 Å². The number of aryl methyl sites for hydroxylation is 1. The molecule has 1 N–H and O–H groups in total. The van der Waals surface area contributed by atoms with E-state index in [9.17, 15) is 10.1 Å². The number of nitrogens with one attached hydrogen (secondary N) is 1. The second-order valence-electron chi connectivity index (χ2n) is 6.89. The Morgan fingerprint density at radius 2 is 1.78 bits per heavy atom. The number of nitrogens with zero attached hydrogens (tertiary/aromatic N) is 1. The van der Waals surface area contributed by atoms with Gasteiger partial charge in [0.2, 0.25) is 0 Å². The summed E-state index contributed by atoms with van der Waals surface area (Å²) in [4.78, 5) is 12.7. The van der Waals surface area contributed by atoms with Crippen molar-refractivity contribution in [3.63, 3.8) is 0 Å². The van der Waals surface area contributed by atoms with Crippen LogP contribution >= 0.6 is 39.1 Å². The number of hydrogen-bond donors (Lipinski definition) is 1. The van der Waals surface area contributed by atoms with Gasteiger partial charge in [-0.25, -0.2) is 0 Å². The lowest BCUT2D eigenvalue weighted by molar-refractivity contribution is -0.112. The van der Waals surface area contributed by atoms with Gasteiger partial charge in [0.15, 0.2) is 0 Å². The highest BCUT2D eigenvalue weighted by Gasteiger charge is 2.12. The number of carbonyl (C=O) groups excluding carboxylic acids is 1. The summed E-state index contributed by atoms with van der Waals surface area (Å²) >= 11 is 15.5. The van der Waals surface area contributed by atoms with Gasteiger partial charge in [-0.1, -0.05) is 64.3 Å². The smallest absolute Gasteiger partial charge is 0.266 e. The van der Waals surface area contributed by atoms with Crippen LogP contribution in [0.3, 0.4) is 0 Å². The van der Waals surface area contributed by atoms with Crippen molar-refractivity contribution in [3.8, 4) is 11.8 Å². The van der Waals surface area contributed by atoms with Crippen molar-refractivity contribution < 1.29 is 9.53 Å². The van der Waals surface area contributed by atoms with Crippen LogP contribution in [0.1, 0.15) is 23.6 Å². The lowest BCUT2D eigenvalue weighted by Crippen LogP contribution is -2.13. The first-order chi connectivity index (χ1) is 15.4. The molecule has 0 aromatic heterocycles. The molecule has 162 valence electrons. The van der Waals surface area contributed by atoms with E-state index in [2.05, 4.69) is 28.2 Å². The van der Waals surface area contributed by atoms with Crippen LogP contribution in [0.15, 0.2) is 70.7 Å². The molecule has 0 fully saturated rings.